The van der Waals surface area contributed by atoms with Crippen LogP contribution < -0.4 is 4.90 Å². The number of aromatic nitrogens is 1. The van der Waals surface area contributed by atoms with Gasteiger partial charge in [-0.05, 0) is 50.8 Å². The van der Waals surface area contributed by atoms with Crippen molar-refractivity contribution in [3.63, 3.8) is 0 Å². The predicted octanol–water partition coefficient (Wildman–Crippen LogP) is 1.72. The molecule has 0 amide bonds. The number of likely N-dealkylation sites (N-methyl/N-ethyl adjacent to an activating group) is 1. The van der Waals surface area contributed by atoms with Crippen LogP contribution >= 0.6 is 0 Å². The first-order valence-electron chi connectivity index (χ1n) is 11.1. The molecule has 29 heavy (non-hydrogen) atoms. The second kappa shape index (κ2) is 8.88. The molecule has 0 unspecified atom stereocenters. The van der Waals surface area contributed by atoms with Crippen LogP contribution in [0, 0.1) is 5.92 Å². The van der Waals surface area contributed by atoms with Crippen molar-refractivity contribution < 1.29 is 8.42 Å². The molecule has 1 aromatic rings. The average Bonchev–Trinajstić information content (AvgIpc) is 2.75. The minimum Gasteiger partial charge on any atom is -0.354 e. The highest BCUT2D eigenvalue weighted by Gasteiger charge is 2.29. The van der Waals surface area contributed by atoms with Gasteiger partial charge in [0.1, 0.15) is 10.7 Å². The fourth-order valence-electron chi connectivity index (χ4n) is 4.81. The molecule has 1 saturated carbocycles. The van der Waals surface area contributed by atoms with E-state index in [1.54, 1.807) is 10.4 Å². The fraction of sp³-hybridized carbons (Fsp3) is 0.762. The Bertz CT molecular complexity index is 761. The summed E-state index contributed by atoms with van der Waals surface area (Å²) in [6.45, 7) is 9.07. The molecule has 0 N–H and O–H groups in total. The van der Waals surface area contributed by atoms with Gasteiger partial charge in [-0.15, -0.1) is 0 Å². The minimum atomic E-state index is -3.44. The van der Waals surface area contributed by atoms with Gasteiger partial charge in [-0.25, -0.2) is 13.4 Å². The topological polar surface area (TPSA) is 60.0 Å². The number of piperazine rings is 2. The molecule has 0 atom stereocenters. The number of rotatable bonds is 4. The molecular weight excluding hydrogens is 386 g/mol. The fourth-order valence-corrected chi connectivity index (χ4v) is 6.18. The molecule has 4 rings (SSSR count). The largest absolute Gasteiger partial charge is 0.354 e. The van der Waals surface area contributed by atoms with Gasteiger partial charge in [0.15, 0.2) is 0 Å². The van der Waals surface area contributed by atoms with E-state index in [9.17, 15) is 8.42 Å². The van der Waals surface area contributed by atoms with E-state index in [-0.39, 0.29) is 0 Å². The number of anilines is 1. The summed E-state index contributed by atoms with van der Waals surface area (Å²) < 4.78 is 27.3. The lowest BCUT2D eigenvalue weighted by Gasteiger charge is -2.42. The second-order valence-electron chi connectivity index (χ2n) is 9.00. The maximum atomic E-state index is 12.9. The third-order valence-electron chi connectivity index (χ3n) is 6.96. The highest BCUT2D eigenvalue weighted by atomic mass is 32.2. The number of nitrogens with zero attached hydrogens (tertiary/aromatic N) is 5. The van der Waals surface area contributed by atoms with Gasteiger partial charge in [0.2, 0.25) is 10.0 Å². The summed E-state index contributed by atoms with van der Waals surface area (Å²) in [7, 11) is -1.42. The molecule has 2 aliphatic heterocycles. The smallest absolute Gasteiger partial charge is 0.244 e. The summed E-state index contributed by atoms with van der Waals surface area (Å²) in [5.41, 5.74) is 0. The first kappa shape index (κ1) is 21.0. The van der Waals surface area contributed by atoms with E-state index in [4.69, 9.17) is 0 Å². The molecule has 0 aromatic carbocycles. The Balaban J connectivity index is 1.34. The van der Waals surface area contributed by atoms with Gasteiger partial charge in [0.25, 0.3) is 0 Å². The summed E-state index contributed by atoms with van der Waals surface area (Å²) in [6, 6.07) is 4.35. The molecule has 0 bridgehead atoms. The third kappa shape index (κ3) is 4.76. The van der Waals surface area contributed by atoms with E-state index >= 15 is 0 Å². The molecule has 0 radical (unpaired) electrons. The molecule has 2 saturated heterocycles. The van der Waals surface area contributed by atoms with Crippen LogP contribution in [0.4, 0.5) is 5.82 Å². The Hall–Kier alpha value is -1.22. The van der Waals surface area contributed by atoms with Crippen molar-refractivity contribution in [1.29, 1.82) is 0 Å². The molecular formula is C21H35N5O2S. The van der Waals surface area contributed by atoms with Crippen LogP contribution in [0.25, 0.3) is 0 Å². The molecule has 1 aromatic heterocycles. The number of sulfonamides is 1. The van der Waals surface area contributed by atoms with Gasteiger partial charge in [0, 0.05) is 64.6 Å². The Labute approximate surface area is 175 Å². The van der Waals surface area contributed by atoms with E-state index in [2.05, 4.69) is 26.6 Å². The summed E-state index contributed by atoms with van der Waals surface area (Å²) in [6.07, 6.45) is 6.92. The average molecular weight is 422 g/mol. The van der Waals surface area contributed by atoms with Crippen molar-refractivity contribution in [3.05, 3.63) is 18.3 Å². The van der Waals surface area contributed by atoms with Gasteiger partial charge in [0.05, 0.1) is 0 Å². The van der Waals surface area contributed by atoms with E-state index in [0.29, 0.717) is 18.0 Å². The van der Waals surface area contributed by atoms with Crippen LogP contribution in [0.3, 0.4) is 0 Å². The molecule has 7 nitrogen and oxygen atoms in total. The minimum absolute atomic E-state index is 0.306. The number of hydrogen-bond donors (Lipinski definition) is 0. The summed E-state index contributed by atoms with van der Waals surface area (Å²) >= 11 is 0. The van der Waals surface area contributed by atoms with Gasteiger partial charge in [-0.3, -0.25) is 4.90 Å². The molecule has 0 spiro atoms. The number of hydrogen-bond acceptors (Lipinski definition) is 6. The van der Waals surface area contributed by atoms with E-state index < -0.39 is 10.0 Å². The Morgan fingerprint density at radius 1 is 0.897 bits per heavy atom. The SMILES string of the molecule is CC1CCC(N2CCN(c3ccc(S(=O)(=O)N4CCN(C)CC4)cn3)CC2)CC1. The number of pyridine rings is 1. The highest BCUT2D eigenvalue weighted by molar-refractivity contribution is 7.89. The predicted molar refractivity (Wildman–Crippen MR) is 116 cm³/mol. The van der Waals surface area contributed by atoms with Gasteiger partial charge >= 0.3 is 0 Å². The monoisotopic (exact) mass is 421 g/mol. The first-order chi connectivity index (χ1) is 13.9. The normalized spacial score (nSPS) is 28.6. The van der Waals surface area contributed by atoms with Crippen LogP contribution in [0.5, 0.6) is 0 Å². The Morgan fingerprint density at radius 2 is 1.55 bits per heavy atom. The molecule has 3 aliphatic rings. The van der Waals surface area contributed by atoms with Crippen LogP contribution in [-0.2, 0) is 10.0 Å². The lowest BCUT2D eigenvalue weighted by Crippen LogP contribution is -2.51. The van der Waals surface area contributed by atoms with Crippen molar-refractivity contribution in [2.24, 2.45) is 5.92 Å². The van der Waals surface area contributed by atoms with Crippen LogP contribution in [0.15, 0.2) is 23.2 Å². The summed E-state index contributed by atoms with van der Waals surface area (Å²) in [4.78, 5) is 11.9. The Kier molecular flexibility index (Phi) is 6.44. The molecule has 8 heteroatoms. The highest BCUT2D eigenvalue weighted by Crippen LogP contribution is 2.28. The van der Waals surface area contributed by atoms with Gasteiger partial charge in [-0.2, -0.15) is 4.31 Å². The van der Waals surface area contributed by atoms with Crippen molar-refractivity contribution in [3.8, 4) is 0 Å². The zero-order valence-corrected chi connectivity index (χ0v) is 18.6. The van der Waals surface area contributed by atoms with E-state index in [1.165, 1.54) is 31.9 Å². The van der Waals surface area contributed by atoms with Crippen LogP contribution in [-0.4, -0.2) is 93.0 Å². The first-order valence-corrected chi connectivity index (χ1v) is 12.5. The second-order valence-corrected chi connectivity index (χ2v) is 10.9. The van der Waals surface area contributed by atoms with Crippen LogP contribution in [0.1, 0.15) is 32.6 Å². The van der Waals surface area contributed by atoms with E-state index in [1.807, 2.05) is 13.1 Å². The standard InChI is InChI=1S/C21H35N5O2S/c1-18-3-5-19(6-4-18)24-11-13-25(14-12-24)21-8-7-20(17-22-21)29(27,28)26-15-9-23(2)10-16-26/h7-8,17-19H,3-6,9-16H2,1-2H3. The molecule has 162 valence electrons. The molecule has 3 heterocycles. The summed E-state index contributed by atoms with van der Waals surface area (Å²) in [5.74, 6) is 1.77. The third-order valence-corrected chi connectivity index (χ3v) is 8.84. The van der Waals surface area contributed by atoms with Crippen LogP contribution in [0.2, 0.25) is 0 Å². The lowest BCUT2D eigenvalue weighted by molar-refractivity contribution is 0.132. The quantitative estimate of drug-likeness (QED) is 0.738. The van der Waals surface area contributed by atoms with Gasteiger partial charge in [-0.1, -0.05) is 6.92 Å². The van der Waals surface area contributed by atoms with Crippen molar-refractivity contribution >= 4 is 15.8 Å². The van der Waals surface area contributed by atoms with Crippen molar-refractivity contribution in [1.82, 2.24) is 19.1 Å². The summed E-state index contributed by atoms with van der Waals surface area (Å²) in [5, 5.41) is 0. The zero-order chi connectivity index (χ0) is 20.4. The van der Waals surface area contributed by atoms with Crippen molar-refractivity contribution in [2.45, 2.75) is 43.5 Å². The zero-order valence-electron chi connectivity index (χ0n) is 17.8. The maximum absolute atomic E-state index is 12.9. The maximum Gasteiger partial charge on any atom is 0.244 e. The van der Waals surface area contributed by atoms with Crippen molar-refractivity contribution in [2.75, 3.05) is 64.3 Å². The molecule has 3 fully saturated rings. The molecule has 1 aliphatic carbocycles. The van der Waals surface area contributed by atoms with Gasteiger partial charge < -0.3 is 9.80 Å². The van der Waals surface area contributed by atoms with E-state index in [0.717, 1.165) is 57.0 Å². The lowest BCUT2D eigenvalue weighted by atomic mass is 9.86. The Morgan fingerprint density at radius 3 is 2.14 bits per heavy atom.